The van der Waals surface area contributed by atoms with Crippen LogP contribution in [0.5, 0.6) is 0 Å². The number of nitrogens with two attached hydrogens (primary N) is 1. The van der Waals surface area contributed by atoms with E-state index in [1.807, 2.05) is 25.1 Å². The summed E-state index contributed by atoms with van der Waals surface area (Å²) in [6.45, 7) is 4.83. The SMILES string of the molecule is CCN(c1ccc(F)cc1)c1ccc(C(N)=S)c(C)c1. The van der Waals surface area contributed by atoms with E-state index in [0.29, 0.717) is 4.99 Å². The Labute approximate surface area is 124 Å². The van der Waals surface area contributed by atoms with E-state index in [4.69, 9.17) is 18.0 Å². The molecule has 0 saturated heterocycles. The lowest BCUT2D eigenvalue weighted by molar-refractivity contribution is 0.628. The van der Waals surface area contributed by atoms with Crippen molar-refractivity contribution in [2.45, 2.75) is 13.8 Å². The smallest absolute Gasteiger partial charge is 0.123 e. The number of halogens is 1. The van der Waals surface area contributed by atoms with E-state index in [2.05, 4.69) is 11.8 Å². The van der Waals surface area contributed by atoms with Crippen LogP contribution in [0.3, 0.4) is 0 Å². The van der Waals surface area contributed by atoms with Crippen molar-refractivity contribution in [1.29, 1.82) is 0 Å². The third kappa shape index (κ3) is 2.96. The Bertz CT molecular complexity index is 623. The van der Waals surface area contributed by atoms with E-state index in [-0.39, 0.29) is 5.82 Å². The van der Waals surface area contributed by atoms with Crippen LogP contribution in [0.4, 0.5) is 15.8 Å². The third-order valence-electron chi connectivity index (χ3n) is 3.24. The van der Waals surface area contributed by atoms with Gasteiger partial charge < -0.3 is 10.6 Å². The van der Waals surface area contributed by atoms with Crippen LogP contribution in [0, 0.1) is 12.7 Å². The summed E-state index contributed by atoms with van der Waals surface area (Å²) >= 11 is 5.02. The zero-order valence-corrected chi connectivity index (χ0v) is 12.4. The molecule has 0 saturated carbocycles. The molecule has 2 aromatic carbocycles. The third-order valence-corrected chi connectivity index (χ3v) is 3.46. The lowest BCUT2D eigenvalue weighted by Crippen LogP contribution is -2.17. The van der Waals surface area contributed by atoms with Crippen molar-refractivity contribution >= 4 is 28.6 Å². The summed E-state index contributed by atoms with van der Waals surface area (Å²) in [5.41, 5.74) is 9.60. The highest BCUT2D eigenvalue weighted by molar-refractivity contribution is 7.80. The molecule has 4 heteroatoms. The van der Waals surface area contributed by atoms with Gasteiger partial charge in [0, 0.05) is 23.5 Å². The molecule has 2 rings (SSSR count). The van der Waals surface area contributed by atoms with Crippen molar-refractivity contribution in [3.63, 3.8) is 0 Å². The van der Waals surface area contributed by atoms with Gasteiger partial charge in [0.15, 0.2) is 0 Å². The zero-order chi connectivity index (χ0) is 14.7. The number of thiocarbonyl (C=S) groups is 1. The number of aryl methyl sites for hydroxylation is 1. The molecule has 0 aromatic heterocycles. The fraction of sp³-hybridized carbons (Fsp3) is 0.188. The molecule has 0 atom stereocenters. The first-order valence-corrected chi connectivity index (χ1v) is 6.87. The van der Waals surface area contributed by atoms with Gasteiger partial charge in [-0.2, -0.15) is 0 Å². The molecular weight excluding hydrogens is 271 g/mol. The summed E-state index contributed by atoms with van der Waals surface area (Å²) < 4.78 is 13.0. The average Bonchev–Trinajstić information content (AvgIpc) is 2.41. The van der Waals surface area contributed by atoms with Gasteiger partial charge in [0.05, 0.1) is 0 Å². The second-order valence-electron chi connectivity index (χ2n) is 4.58. The molecule has 2 N–H and O–H groups in total. The van der Waals surface area contributed by atoms with Gasteiger partial charge in [-0.3, -0.25) is 0 Å². The molecule has 0 aliphatic heterocycles. The van der Waals surface area contributed by atoms with Crippen molar-refractivity contribution in [2.24, 2.45) is 5.73 Å². The van der Waals surface area contributed by atoms with E-state index in [1.165, 1.54) is 12.1 Å². The number of hydrogen-bond donors (Lipinski definition) is 1. The van der Waals surface area contributed by atoms with E-state index in [0.717, 1.165) is 29.0 Å². The molecule has 2 nitrogen and oxygen atoms in total. The van der Waals surface area contributed by atoms with Crippen LogP contribution in [0.1, 0.15) is 18.1 Å². The molecule has 0 spiro atoms. The van der Waals surface area contributed by atoms with Gasteiger partial charge >= 0.3 is 0 Å². The van der Waals surface area contributed by atoms with Gasteiger partial charge in [-0.05, 0) is 61.9 Å². The molecule has 0 aliphatic rings. The average molecular weight is 288 g/mol. The Hall–Kier alpha value is -1.94. The Morgan fingerprint density at radius 1 is 1.15 bits per heavy atom. The lowest BCUT2D eigenvalue weighted by Gasteiger charge is -2.24. The van der Waals surface area contributed by atoms with E-state index < -0.39 is 0 Å². The van der Waals surface area contributed by atoms with Gasteiger partial charge in [-0.25, -0.2) is 4.39 Å². The fourth-order valence-corrected chi connectivity index (χ4v) is 2.46. The van der Waals surface area contributed by atoms with Crippen LogP contribution in [-0.2, 0) is 0 Å². The maximum Gasteiger partial charge on any atom is 0.123 e. The van der Waals surface area contributed by atoms with Crippen LogP contribution in [-0.4, -0.2) is 11.5 Å². The van der Waals surface area contributed by atoms with Gasteiger partial charge in [-0.1, -0.05) is 12.2 Å². The second kappa shape index (κ2) is 6.01. The minimum atomic E-state index is -0.232. The summed E-state index contributed by atoms with van der Waals surface area (Å²) in [4.78, 5) is 2.51. The van der Waals surface area contributed by atoms with Crippen molar-refractivity contribution < 1.29 is 4.39 Å². The normalized spacial score (nSPS) is 10.3. The maximum atomic E-state index is 13.0. The molecule has 0 aliphatic carbocycles. The Morgan fingerprint density at radius 2 is 1.75 bits per heavy atom. The Balaban J connectivity index is 2.39. The van der Waals surface area contributed by atoms with Crippen molar-refractivity contribution in [3.05, 3.63) is 59.4 Å². The molecule has 20 heavy (non-hydrogen) atoms. The topological polar surface area (TPSA) is 29.3 Å². The van der Waals surface area contributed by atoms with Crippen LogP contribution < -0.4 is 10.6 Å². The van der Waals surface area contributed by atoms with Crippen molar-refractivity contribution in [3.8, 4) is 0 Å². The zero-order valence-electron chi connectivity index (χ0n) is 11.6. The van der Waals surface area contributed by atoms with Crippen LogP contribution in [0.15, 0.2) is 42.5 Å². The van der Waals surface area contributed by atoms with E-state index in [1.54, 1.807) is 12.1 Å². The largest absolute Gasteiger partial charge is 0.389 e. The van der Waals surface area contributed by atoms with Gasteiger partial charge in [-0.15, -0.1) is 0 Å². The molecule has 0 bridgehead atoms. The molecule has 0 unspecified atom stereocenters. The first-order chi connectivity index (χ1) is 9.52. The highest BCUT2D eigenvalue weighted by Gasteiger charge is 2.10. The van der Waals surface area contributed by atoms with Gasteiger partial charge in [0.25, 0.3) is 0 Å². The second-order valence-corrected chi connectivity index (χ2v) is 5.02. The lowest BCUT2D eigenvalue weighted by atomic mass is 10.1. The monoisotopic (exact) mass is 288 g/mol. The molecular formula is C16H17FN2S. The summed E-state index contributed by atoms with van der Waals surface area (Å²) in [7, 11) is 0. The molecule has 2 aromatic rings. The summed E-state index contributed by atoms with van der Waals surface area (Å²) in [5, 5.41) is 0. The number of hydrogen-bond acceptors (Lipinski definition) is 2. The van der Waals surface area contributed by atoms with E-state index in [9.17, 15) is 4.39 Å². The number of rotatable bonds is 4. The minimum Gasteiger partial charge on any atom is -0.389 e. The van der Waals surface area contributed by atoms with E-state index >= 15 is 0 Å². The highest BCUT2D eigenvalue weighted by Crippen LogP contribution is 2.27. The number of anilines is 2. The Morgan fingerprint density at radius 3 is 2.25 bits per heavy atom. The summed E-state index contributed by atoms with van der Waals surface area (Å²) in [5.74, 6) is -0.232. The minimum absolute atomic E-state index is 0.232. The molecule has 0 amide bonds. The van der Waals surface area contributed by atoms with Crippen LogP contribution in [0.25, 0.3) is 0 Å². The molecule has 104 valence electrons. The predicted octanol–water partition coefficient (Wildman–Crippen LogP) is 3.93. The van der Waals surface area contributed by atoms with Crippen molar-refractivity contribution in [2.75, 3.05) is 11.4 Å². The van der Waals surface area contributed by atoms with Crippen LogP contribution in [0.2, 0.25) is 0 Å². The molecule has 0 radical (unpaired) electrons. The summed E-state index contributed by atoms with van der Waals surface area (Å²) in [6, 6.07) is 12.4. The first-order valence-electron chi connectivity index (χ1n) is 6.46. The maximum absolute atomic E-state index is 13.0. The predicted molar refractivity (Wildman–Crippen MR) is 86.1 cm³/mol. The first kappa shape index (κ1) is 14.5. The number of nitrogens with zero attached hydrogens (tertiary/aromatic N) is 1. The van der Waals surface area contributed by atoms with Crippen LogP contribution >= 0.6 is 12.2 Å². The van der Waals surface area contributed by atoms with Crippen molar-refractivity contribution in [1.82, 2.24) is 0 Å². The highest BCUT2D eigenvalue weighted by atomic mass is 32.1. The standard InChI is InChI=1S/C16H17FN2S/c1-3-19(13-6-4-12(17)5-7-13)14-8-9-15(16(18)20)11(2)10-14/h4-10H,3H2,1-2H3,(H2,18,20). The quantitative estimate of drug-likeness (QED) is 0.864. The fourth-order valence-electron chi connectivity index (χ4n) is 2.23. The molecule has 0 heterocycles. The molecule has 0 fully saturated rings. The number of benzene rings is 2. The summed E-state index contributed by atoms with van der Waals surface area (Å²) in [6.07, 6.45) is 0. The van der Waals surface area contributed by atoms with Gasteiger partial charge in [0.1, 0.15) is 10.8 Å². The van der Waals surface area contributed by atoms with Gasteiger partial charge in [0.2, 0.25) is 0 Å². The Kier molecular flexibility index (Phi) is 4.35.